The summed E-state index contributed by atoms with van der Waals surface area (Å²) in [4.78, 5) is 0.444. The summed E-state index contributed by atoms with van der Waals surface area (Å²) in [6.07, 6.45) is 0.530. The van der Waals surface area contributed by atoms with Gasteiger partial charge in [0.25, 0.3) is 9.05 Å². The maximum absolute atomic E-state index is 11.2. The average Bonchev–Trinajstić information content (AvgIpc) is 2.15. The molecule has 0 aliphatic heterocycles. The van der Waals surface area contributed by atoms with Crippen LogP contribution in [0.5, 0.6) is 0 Å². The molecule has 0 bridgehead atoms. The van der Waals surface area contributed by atoms with Gasteiger partial charge in [-0.25, -0.2) is 8.42 Å². The molecule has 0 saturated heterocycles. The second-order valence-electron chi connectivity index (χ2n) is 2.84. The SMILES string of the molecule is CCc1c(S)ccc(S(=O)(=O)Cl)c1C#N. The monoisotopic (exact) mass is 261 g/mol. The maximum Gasteiger partial charge on any atom is 0.262 e. The Kier molecular flexibility index (Phi) is 3.66. The van der Waals surface area contributed by atoms with Crippen LogP contribution in [-0.4, -0.2) is 8.42 Å². The standard InChI is InChI=1S/C9H8ClNO2S2/c1-2-6-7(5-11)9(15(10,12)13)4-3-8(6)14/h3-4,14H,2H2,1H3. The number of nitriles is 1. The van der Waals surface area contributed by atoms with Crippen molar-refractivity contribution in [1.29, 1.82) is 5.26 Å². The minimum atomic E-state index is -3.88. The summed E-state index contributed by atoms with van der Waals surface area (Å²) in [6.45, 7) is 1.82. The van der Waals surface area contributed by atoms with Gasteiger partial charge in [0.15, 0.2) is 0 Å². The first-order chi connectivity index (χ1) is 6.91. The van der Waals surface area contributed by atoms with Crippen molar-refractivity contribution in [2.75, 3.05) is 0 Å². The highest BCUT2D eigenvalue weighted by molar-refractivity contribution is 8.13. The van der Waals surface area contributed by atoms with Gasteiger partial charge in [-0.2, -0.15) is 5.26 Å². The predicted octanol–water partition coefficient (Wildman–Crippen LogP) is 2.34. The van der Waals surface area contributed by atoms with Gasteiger partial charge < -0.3 is 0 Å². The van der Waals surface area contributed by atoms with Gasteiger partial charge in [-0.1, -0.05) is 6.92 Å². The molecule has 0 unspecified atom stereocenters. The van der Waals surface area contributed by atoms with Crippen LogP contribution in [0.25, 0.3) is 0 Å². The molecular weight excluding hydrogens is 254 g/mol. The summed E-state index contributed by atoms with van der Waals surface area (Å²) in [5.41, 5.74) is 0.683. The molecule has 0 spiro atoms. The van der Waals surface area contributed by atoms with Crippen molar-refractivity contribution in [3.8, 4) is 6.07 Å². The number of hydrogen-bond acceptors (Lipinski definition) is 4. The minimum Gasteiger partial charge on any atom is -0.207 e. The first-order valence-corrected chi connectivity index (χ1v) is 6.87. The van der Waals surface area contributed by atoms with Gasteiger partial charge in [0.2, 0.25) is 0 Å². The summed E-state index contributed by atoms with van der Waals surface area (Å²) < 4.78 is 22.4. The topological polar surface area (TPSA) is 57.9 Å². The quantitative estimate of drug-likeness (QED) is 0.657. The van der Waals surface area contributed by atoms with E-state index >= 15 is 0 Å². The normalized spacial score (nSPS) is 11.1. The van der Waals surface area contributed by atoms with E-state index in [1.165, 1.54) is 12.1 Å². The zero-order valence-electron chi connectivity index (χ0n) is 7.86. The Balaban J connectivity index is 3.66. The Morgan fingerprint density at radius 1 is 1.53 bits per heavy atom. The van der Waals surface area contributed by atoms with Crippen LogP contribution in [0.1, 0.15) is 18.1 Å². The van der Waals surface area contributed by atoms with Gasteiger partial charge in [-0.3, -0.25) is 0 Å². The molecule has 1 rings (SSSR count). The fraction of sp³-hybridized carbons (Fsp3) is 0.222. The van der Waals surface area contributed by atoms with E-state index in [1.54, 1.807) is 0 Å². The van der Waals surface area contributed by atoms with Crippen molar-refractivity contribution in [2.45, 2.75) is 23.1 Å². The highest BCUT2D eigenvalue weighted by atomic mass is 35.7. The first-order valence-electron chi connectivity index (χ1n) is 4.11. The van der Waals surface area contributed by atoms with E-state index in [-0.39, 0.29) is 10.5 Å². The number of nitrogens with zero attached hydrogens (tertiary/aromatic N) is 1. The van der Waals surface area contributed by atoms with Crippen molar-refractivity contribution in [2.24, 2.45) is 0 Å². The molecule has 0 aromatic heterocycles. The molecule has 3 nitrogen and oxygen atoms in total. The van der Waals surface area contributed by atoms with E-state index in [0.717, 1.165) is 0 Å². The average molecular weight is 262 g/mol. The molecule has 6 heteroatoms. The highest BCUT2D eigenvalue weighted by Gasteiger charge is 2.19. The van der Waals surface area contributed by atoms with Crippen molar-refractivity contribution in [3.05, 3.63) is 23.3 Å². The van der Waals surface area contributed by atoms with Gasteiger partial charge in [0, 0.05) is 15.6 Å². The van der Waals surface area contributed by atoms with Gasteiger partial charge in [-0.05, 0) is 24.1 Å². The van der Waals surface area contributed by atoms with E-state index in [4.69, 9.17) is 15.9 Å². The smallest absolute Gasteiger partial charge is 0.207 e. The number of benzene rings is 1. The maximum atomic E-state index is 11.2. The van der Waals surface area contributed by atoms with E-state index in [2.05, 4.69) is 12.6 Å². The Morgan fingerprint density at radius 3 is 2.53 bits per heavy atom. The number of thiol groups is 1. The lowest BCUT2D eigenvalue weighted by Gasteiger charge is -2.07. The Labute approximate surface area is 98.5 Å². The third kappa shape index (κ3) is 2.46. The summed E-state index contributed by atoms with van der Waals surface area (Å²) >= 11 is 4.16. The Bertz CT molecular complexity index is 532. The summed E-state index contributed by atoms with van der Waals surface area (Å²) in [5, 5.41) is 8.91. The molecule has 0 amide bonds. The van der Waals surface area contributed by atoms with Gasteiger partial charge in [-0.15, -0.1) is 12.6 Å². The Morgan fingerprint density at radius 2 is 2.13 bits per heavy atom. The van der Waals surface area contributed by atoms with Crippen molar-refractivity contribution in [3.63, 3.8) is 0 Å². The van der Waals surface area contributed by atoms with Gasteiger partial charge >= 0.3 is 0 Å². The molecule has 0 saturated carbocycles. The molecule has 0 radical (unpaired) electrons. The van der Waals surface area contributed by atoms with Crippen LogP contribution in [0.15, 0.2) is 21.9 Å². The largest absolute Gasteiger partial charge is 0.262 e. The van der Waals surface area contributed by atoms with Crippen LogP contribution in [0.4, 0.5) is 0 Å². The first kappa shape index (κ1) is 12.4. The number of hydrogen-bond donors (Lipinski definition) is 1. The highest BCUT2D eigenvalue weighted by Crippen LogP contribution is 2.27. The summed E-state index contributed by atoms with van der Waals surface area (Å²) in [5.74, 6) is 0. The van der Waals surface area contributed by atoms with Crippen molar-refractivity contribution < 1.29 is 8.42 Å². The lowest BCUT2D eigenvalue weighted by atomic mass is 10.1. The third-order valence-corrected chi connectivity index (χ3v) is 3.76. The molecule has 0 aliphatic carbocycles. The predicted molar refractivity (Wildman–Crippen MR) is 60.8 cm³/mol. The second-order valence-corrected chi connectivity index (χ2v) is 5.86. The van der Waals surface area contributed by atoms with Crippen LogP contribution < -0.4 is 0 Å². The van der Waals surface area contributed by atoms with Crippen LogP contribution >= 0.6 is 23.3 Å². The van der Waals surface area contributed by atoms with Crippen LogP contribution in [0, 0.1) is 11.3 Å². The van der Waals surface area contributed by atoms with E-state index in [1.807, 2.05) is 13.0 Å². The van der Waals surface area contributed by atoms with Crippen LogP contribution in [0.2, 0.25) is 0 Å². The van der Waals surface area contributed by atoms with E-state index in [0.29, 0.717) is 16.9 Å². The van der Waals surface area contributed by atoms with Crippen LogP contribution in [-0.2, 0) is 15.5 Å². The van der Waals surface area contributed by atoms with E-state index < -0.39 is 9.05 Å². The molecule has 0 heterocycles. The van der Waals surface area contributed by atoms with Crippen LogP contribution in [0.3, 0.4) is 0 Å². The number of halogens is 1. The molecule has 15 heavy (non-hydrogen) atoms. The van der Waals surface area contributed by atoms with Crippen molar-refractivity contribution in [1.82, 2.24) is 0 Å². The van der Waals surface area contributed by atoms with Gasteiger partial charge in [0.1, 0.15) is 11.0 Å². The zero-order chi connectivity index (χ0) is 11.6. The van der Waals surface area contributed by atoms with Crippen molar-refractivity contribution >= 4 is 32.4 Å². The molecule has 80 valence electrons. The lowest BCUT2D eigenvalue weighted by molar-refractivity contribution is 0.609. The second kappa shape index (κ2) is 4.44. The molecule has 1 aromatic carbocycles. The number of rotatable bonds is 2. The molecule has 0 fully saturated rings. The molecular formula is C9H8ClNO2S2. The minimum absolute atomic E-state index is 0.0833. The molecule has 0 atom stereocenters. The Hall–Kier alpha value is -0.700. The molecule has 0 N–H and O–H groups in total. The fourth-order valence-electron chi connectivity index (χ4n) is 1.30. The summed E-state index contributed by atoms with van der Waals surface area (Å²) in [7, 11) is 1.34. The zero-order valence-corrected chi connectivity index (χ0v) is 10.3. The molecule has 1 aromatic rings. The van der Waals surface area contributed by atoms with Gasteiger partial charge in [0.05, 0.1) is 5.56 Å². The van der Waals surface area contributed by atoms with E-state index in [9.17, 15) is 8.42 Å². The third-order valence-electron chi connectivity index (χ3n) is 1.98. The lowest BCUT2D eigenvalue weighted by Crippen LogP contribution is -2.00. The summed E-state index contributed by atoms with van der Waals surface area (Å²) in [6, 6.07) is 4.67. The fourth-order valence-corrected chi connectivity index (χ4v) is 2.67. The molecule has 0 aliphatic rings.